The maximum absolute atomic E-state index is 13.0. The molecule has 2 aromatic heterocycles. The predicted molar refractivity (Wildman–Crippen MR) is 134 cm³/mol. The first-order valence-corrected chi connectivity index (χ1v) is 11.1. The Morgan fingerprint density at radius 2 is 1.86 bits per heavy atom. The number of benzene rings is 2. The summed E-state index contributed by atoms with van der Waals surface area (Å²) >= 11 is 0. The molecule has 8 nitrogen and oxygen atoms in total. The molecule has 4 aromatic rings. The first-order valence-electron chi connectivity index (χ1n) is 11.1. The van der Waals surface area contributed by atoms with Crippen molar-refractivity contribution in [1.82, 2.24) is 15.3 Å². The number of rotatable bonds is 7. The minimum atomic E-state index is -1.18. The van der Waals surface area contributed by atoms with Crippen molar-refractivity contribution in [2.75, 3.05) is 13.7 Å². The Morgan fingerprint density at radius 1 is 1.06 bits per heavy atom. The third-order valence-corrected chi connectivity index (χ3v) is 5.39. The molecule has 180 valence electrons. The van der Waals surface area contributed by atoms with E-state index in [4.69, 9.17) is 4.74 Å². The number of aromatic hydroxyl groups is 1. The zero-order valence-corrected chi connectivity index (χ0v) is 19.4. The lowest BCUT2D eigenvalue weighted by Crippen LogP contribution is -2.40. The summed E-state index contributed by atoms with van der Waals surface area (Å²) in [6, 6.07) is 17.9. The summed E-state index contributed by atoms with van der Waals surface area (Å²) in [5, 5.41) is 22.6. The highest BCUT2D eigenvalue weighted by Crippen LogP contribution is 2.21. The summed E-state index contributed by atoms with van der Waals surface area (Å²) in [5.74, 6) is 4.38. The number of phenolic OH excluding ortho intramolecular Hbond substituents is 1. The molecule has 1 amide bonds. The largest absolute Gasteiger partial charge is 0.508 e. The zero-order chi connectivity index (χ0) is 25.5. The van der Waals surface area contributed by atoms with E-state index in [0.29, 0.717) is 28.6 Å². The summed E-state index contributed by atoms with van der Waals surface area (Å²) < 4.78 is 5.24. The molecule has 4 rings (SSSR count). The second kappa shape index (κ2) is 11.1. The van der Waals surface area contributed by atoms with Crippen molar-refractivity contribution in [1.29, 1.82) is 0 Å². The van der Waals surface area contributed by atoms with Crippen LogP contribution in [0.2, 0.25) is 0 Å². The van der Waals surface area contributed by atoms with Gasteiger partial charge in [0.1, 0.15) is 17.1 Å². The van der Waals surface area contributed by atoms with Gasteiger partial charge in [-0.25, -0.2) is 14.8 Å². The number of amides is 1. The first kappa shape index (κ1) is 24.4. The van der Waals surface area contributed by atoms with Gasteiger partial charge in [-0.05, 0) is 66.4 Å². The smallest absolute Gasteiger partial charge is 0.336 e. The molecule has 0 saturated heterocycles. The Morgan fingerprint density at radius 3 is 2.56 bits per heavy atom. The fourth-order valence-corrected chi connectivity index (χ4v) is 3.70. The number of aromatic nitrogens is 2. The first-order chi connectivity index (χ1) is 17.4. The molecule has 2 aromatic carbocycles. The van der Waals surface area contributed by atoms with Crippen LogP contribution in [0.5, 0.6) is 5.75 Å². The van der Waals surface area contributed by atoms with Gasteiger partial charge in [0.15, 0.2) is 0 Å². The van der Waals surface area contributed by atoms with Gasteiger partial charge in [-0.15, -0.1) is 0 Å². The number of ether oxygens (including phenoxy) is 1. The highest BCUT2D eigenvalue weighted by molar-refractivity contribution is 6.06. The lowest BCUT2D eigenvalue weighted by molar-refractivity contribution is 0.0699. The number of carboxylic acids is 1. The van der Waals surface area contributed by atoms with Crippen molar-refractivity contribution < 1.29 is 24.5 Å². The standard InChI is InChI=1S/C28H23N3O5/c1-36-17-21(14-18-6-10-22(32)11-7-18)30-27(33)26-16-24(28(34)35)23-15-19(8-12-25(23)31-26)5-9-20-4-2-3-13-29-20/h2-4,6-8,10-13,15-16,21,32H,14,17H2,1H3,(H,30,33)(H,34,35)/t21-/m0/s1. The van der Waals surface area contributed by atoms with Gasteiger partial charge in [-0.3, -0.25) is 4.79 Å². The van der Waals surface area contributed by atoms with Crippen LogP contribution in [0, 0.1) is 11.8 Å². The number of pyridine rings is 2. The van der Waals surface area contributed by atoms with Crippen molar-refractivity contribution >= 4 is 22.8 Å². The topological polar surface area (TPSA) is 122 Å². The summed E-state index contributed by atoms with van der Waals surface area (Å²) in [5.41, 5.74) is 2.40. The maximum atomic E-state index is 13.0. The van der Waals surface area contributed by atoms with E-state index in [1.165, 1.54) is 13.2 Å². The number of carbonyl (C=O) groups excluding carboxylic acids is 1. The van der Waals surface area contributed by atoms with E-state index < -0.39 is 11.9 Å². The quantitative estimate of drug-likeness (QED) is 0.346. The van der Waals surface area contributed by atoms with Crippen molar-refractivity contribution in [2.45, 2.75) is 12.5 Å². The van der Waals surface area contributed by atoms with E-state index in [0.717, 1.165) is 5.56 Å². The van der Waals surface area contributed by atoms with Crippen molar-refractivity contribution in [3.63, 3.8) is 0 Å². The molecule has 0 fully saturated rings. The third-order valence-electron chi connectivity index (χ3n) is 5.39. The van der Waals surface area contributed by atoms with E-state index in [-0.39, 0.29) is 29.7 Å². The zero-order valence-electron chi connectivity index (χ0n) is 19.4. The van der Waals surface area contributed by atoms with E-state index in [9.17, 15) is 19.8 Å². The molecule has 0 aliphatic rings. The number of carboxylic acid groups (broad SMARTS) is 1. The second-order valence-corrected chi connectivity index (χ2v) is 8.05. The Bertz CT molecular complexity index is 1460. The average Bonchev–Trinajstić information content (AvgIpc) is 2.88. The number of hydrogen-bond donors (Lipinski definition) is 3. The van der Waals surface area contributed by atoms with Crippen LogP contribution in [0.1, 0.15) is 37.7 Å². The molecule has 36 heavy (non-hydrogen) atoms. The van der Waals surface area contributed by atoms with Crippen LogP contribution in [0.15, 0.2) is 72.9 Å². The molecule has 1 atom stereocenters. The Balaban J connectivity index is 1.61. The highest BCUT2D eigenvalue weighted by atomic mass is 16.5. The minimum absolute atomic E-state index is 0.0148. The maximum Gasteiger partial charge on any atom is 0.336 e. The summed E-state index contributed by atoms with van der Waals surface area (Å²) in [6.07, 6.45) is 2.10. The third kappa shape index (κ3) is 6.03. The number of methoxy groups -OCH3 is 1. The Hall–Kier alpha value is -4.74. The highest BCUT2D eigenvalue weighted by Gasteiger charge is 2.19. The van der Waals surface area contributed by atoms with Crippen LogP contribution in [-0.2, 0) is 11.2 Å². The number of nitrogens with zero attached hydrogens (tertiary/aromatic N) is 2. The van der Waals surface area contributed by atoms with Crippen LogP contribution in [0.25, 0.3) is 10.9 Å². The number of hydrogen-bond acceptors (Lipinski definition) is 6. The number of phenols is 1. The van der Waals surface area contributed by atoms with Gasteiger partial charge in [-0.2, -0.15) is 0 Å². The lowest BCUT2D eigenvalue weighted by atomic mass is 10.0. The summed E-state index contributed by atoms with van der Waals surface area (Å²) in [7, 11) is 1.53. The molecule has 0 aliphatic heterocycles. The molecule has 0 bridgehead atoms. The molecule has 0 unspecified atom stereocenters. The van der Waals surface area contributed by atoms with Crippen molar-refractivity contribution in [3.05, 3.63) is 101 Å². The van der Waals surface area contributed by atoms with Gasteiger partial charge in [0.05, 0.1) is 23.7 Å². The van der Waals surface area contributed by atoms with Gasteiger partial charge in [0.2, 0.25) is 0 Å². The van der Waals surface area contributed by atoms with E-state index >= 15 is 0 Å². The molecular weight excluding hydrogens is 458 g/mol. The van der Waals surface area contributed by atoms with E-state index in [1.807, 2.05) is 6.07 Å². The number of nitrogens with one attached hydrogen (secondary N) is 1. The van der Waals surface area contributed by atoms with Gasteiger partial charge in [0.25, 0.3) is 5.91 Å². The van der Waals surface area contributed by atoms with Gasteiger partial charge in [0, 0.05) is 24.3 Å². The van der Waals surface area contributed by atoms with Crippen LogP contribution in [0.4, 0.5) is 0 Å². The normalized spacial score (nSPS) is 11.4. The van der Waals surface area contributed by atoms with Crippen LogP contribution < -0.4 is 5.32 Å². The molecule has 8 heteroatoms. The minimum Gasteiger partial charge on any atom is -0.508 e. The fraction of sp³-hybridized carbons (Fsp3) is 0.143. The molecule has 0 radical (unpaired) electrons. The van der Waals surface area contributed by atoms with Crippen LogP contribution in [-0.4, -0.2) is 51.8 Å². The number of aromatic carboxylic acids is 1. The van der Waals surface area contributed by atoms with Gasteiger partial charge >= 0.3 is 5.97 Å². The van der Waals surface area contributed by atoms with Gasteiger partial charge < -0.3 is 20.3 Å². The monoisotopic (exact) mass is 481 g/mol. The molecule has 0 spiro atoms. The van der Waals surface area contributed by atoms with Crippen molar-refractivity contribution in [2.24, 2.45) is 0 Å². The molecule has 0 aliphatic carbocycles. The fourth-order valence-electron chi connectivity index (χ4n) is 3.70. The van der Waals surface area contributed by atoms with Crippen LogP contribution >= 0.6 is 0 Å². The van der Waals surface area contributed by atoms with Gasteiger partial charge in [-0.1, -0.05) is 24.1 Å². The van der Waals surface area contributed by atoms with E-state index in [2.05, 4.69) is 27.1 Å². The SMILES string of the molecule is COC[C@H](Cc1ccc(O)cc1)NC(=O)c1cc(C(=O)O)c2cc(C#Cc3ccccn3)ccc2n1. The lowest BCUT2D eigenvalue weighted by Gasteiger charge is -2.18. The van der Waals surface area contributed by atoms with Crippen molar-refractivity contribution in [3.8, 4) is 17.6 Å². The Labute approximate surface area is 207 Å². The number of fused-ring (bicyclic) bond motifs is 1. The molecular formula is C28H23N3O5. The summed E-state index contributed by atoms with van der Waals surface area (Å²) in [4.78, 5) is 33.6. The van der Waals surface area contributed by atoms with E-state index in [1.54, 1.807) is 60.8 Å². The summed E-state index contributed by atoms with van der Waals surface area (Å²) in [6.45, 7) is 0.240. The average molecular weight is 482 g/mol. The number of carbonyl (C=O) groups is 2. The predicted octanol–water partition coefficient (Wildman–Crippen LogP) is 3.42. The molecule has 0 saturated carbocycles. The second-order valence-electron chi connectivity index (χ2n) is 8.05. The Kier molecular flexibility index (Phi) is 7.54. The molecule has 2 heterocycles. The van der Waals surface area contributed by atoms with Crippen LogP contribution in [0.3, 0.4) is 0 Å². The molecule has 3 N–H and O–H groups in total.